The van der Waals surface area contributed by atoms with Crippen molar-refractivity contribution in [3.63, 3.8) is 0 Å². The van der Waals surface area contributed by atoms with Crippen molar-refractivity contribution < 1.29 is 4.39 Å². The van der Waals surface area contributed by atoms with Crippen molar-refractivity contribution in [3.05, 3.63) is 77.5 Å². The standard InChI is InChI=1S/C19H20FN5/c1-3-23-19(22-2)16(21)12-18(17-10-6-7-11-24-17)25-13-14-8-4-5-9-15(14)20/h3-12H,13,21H2,1-2H3. The second kappa shape index (κ2) is 9.22. The van der Waals surface area contributed by atoms with E-state index in [1.54, 1.807) is 50.7 Å². The van der Waals surface area contributed by atoms with Crippen molar-refractivity contribution in [2.75, 3.05) is 7.05 Å². The number of halogens is 1. The Kier molecular flexibility index (Phi) is 6.71. The van der Waals surface area contributed by atoms with Gasteiger partial charge in [-0.1, -0.05) is 24.3 Å². The van der Waals surface area contributed by atoms with Gasteiger partial charge in [0.2, 0.25) is 0 Å². The molecule has 0 unspecified atom stereocenters. The van der Waals surface area contributed by atoms with Crippen LogP contribution < -0.4 is 5.73 Å². The van der Waals surface area contributed by atoms with Gasteiger partial charge in [-0.2, -0.15) is 0 Å². The highest BCUT2D eigenvalue weighted by atomic mass is 19.1. The van der Waals surface area contributed by atoms with Gasteiger partial charge in [-0.05, 0) is 31.2 Å². The average Bonchev–Trinajstić information content (AvgIpc) is 2.64. The van der Waals surface area contributed by atoms with Gasteiger partial charge in [-0.25, -0.2) is 9.38 Å². The minimum atomic E-state index is -0.296. The second-order valence-corrected chi connectivity index (χ2v) is 5.04. The Balaban J connectivity index is 2.41. The summed E-state index contributed by atoms with van der Waals surface area (Å²) in [5, 5.41) is 0. The van der Waals surface area contributed by atoms with Crippen LogP contribution in [0.15, 0.2) is 75.4 Å². The summed E-state index contributed by atoms with van der Waals surface area (Å²) in [6, 6.07) is 12.0. The van der Waals surface area contributed by atoms with Crippen molar-refractivity contribution in [3.8, 4) is 0 Å². The zero-order valence-corrected chi connectivity index (χ0v) is 14.2. The molecule has 128 valence electrons. The van der Waals surface area contributed by atoms with Gasteiger partial charge in [0.25, 0.3) is 0 Å². The van der Waals surface area contributed by atoms with E-state index in [1.165, 1.54) is 6.07 Å². The summed E-state index contributed by atoms with van der Waals surface area (Å²) >= 11 is 0. The molecule has 0 fully saturated rings. The Labute approximate surface area is 146 Å². The molecule has 2 rings (SSSR count). The largest absolute Gasteiger partial charge is 0.396 e. The molecule has 1 aromatic carbocycles. The number of aromatic nitrogens is 1. The first-order valence-corrected chi connectivity index (χ1v) is 7.78. The summed E-state index contributed by atoms with van der Waals surface area (Å²) in [7, 11) is 1.61. The predicted molar refractivity (Wildman–Crippen MR) is 101 cm³/mol. The third kappa shape index (κ3) is 5.17. The summed E-state index contributed by atoms with van der Waals surface area (Å²) in [4.78, 5) is 17.0. The fraction of sp³-hybridized carbons (Fsp3) is 0.158. The van der Waals surface area contributed by atoms with E-state index in [-0.39, 0.29) is 12.4 Å². The summed E-state index contributed by atoms with van der Waals surface area (Å²) in [5.74, 6) is 0.104. The lowest BCUT2D eigenvalue weighted by Gasteiger charge is -2.05. The van der Waals surface area contributed by atoms with Crippen molar-refractivity contribution in [1.82, 2.24) is 4.98 Å². The van der Waals surface area contributed by atoms with Crippen LogP contribution >= 0.6 is 0 Å². The first kappa shape index (κ1) is 18.2. The Morgan fingerprint density at radius 1 is 1.20 bits per heavy atom. The Morgan fingerprint density at radius 2 is 1.96 bits per heavy atom. The average molecular weight is 337 g/mol. The van der Waals surface area contributed by atoms with E-state index in [4.69, 9.17) is 5.73 Å². The molecule has 2 aromatic rings. The van der Waals surface area contributed by atoms with E-state index >= 15 is 0 Å². The first-order valence-electron chi connectivity index (χ1n) is 7.78. The van der Waals surface area contributed by atoms with Gasteiger partial charge in [0.1, 0.15) is 5.82 Å². The zero-order valence-electron chi connectivity index (χ0n) is 14.2. The zero-order chi connectivity index (χ0) is 18.1. The monoisotopic (exact) mass is 337 g/mol. The molecule has 25 heavy (non-hydrogen) atoms. The molecule has 0 atom stereocenters. The van der Waals surface area contributed by atoms with Crippen molar-refractivity contribution >= 4 is 17.8 Å². The number of hydrogen-bond donors (Lipinski definition) is 1. The Bertz CT molecular complexity index is 823. The molecule has 2 N–H and O–H groups in total. The Morgan fingerprint density at radius 3 is 2.60 bits per heavy atom. The number of rotatable bonds is 5. The van der Waals surface area contributed by atoms with Crippen molar-refractivity contribution in [2.45, 2.75) is 13.5 Å². The van der Waals surface area contributed by atoms with Crippen molar-refractivity contribution in [1.29, 1.82) is 0 Å². The van der Waals surface area contributed by atoms with Gasteiger partial charge in [0.15, 0.2) is 5.84 Å². The van der Waals surface area contributed by atoms with E-state index in [0.29, 0.717) is 28.5 Å². The molecule has 5 nitrogen and oxygen atoms in total. The SMILES string of the molecule is CC=NC(=NC)C(N)=CC(=NCc1ccccc1F)c1ccccn1. The van der Waals surface area contributed by atoms with Crippen LogP contribution in [0.5, 0.6) is 0 Å². The van der Waals surface area contributed by atoms with Gasteiger partial charge in [0, 0.05) is 25.0 Å². The molecule has 0 aliphatic carbocycles. The highest BCUT2D eigenvalue weighted by molar-refractivity contribution is 6.13. The molecule has 6 heteroatoms. The van der Waals surface area contributed by atoms with E-state index in [0.717, 1.165) is 0 Å². The van der Waals surface area contributed by atoms with Gasteiger partial charge >= 0.3 is 0 Å². The van der Waals surface area contributed by atoms with E-state index < -0.39 is 0 Å². The van der Waals surface area contributed by atoms with E-state index in [1.807, 2.05) is 18.2 Å². The lowest BCUT2D eigenvalue weighted by Crippen LogP contribution is -2.13. The maximum absolute atomic E-state index is 13.8. The lowest BCUT2D eigenvalue weighted by atomic mass is 10.1. The Hall–Kier alpha value is -3.15. The number of allylic oxidation sites excluding steroid dienone is 1. The minimum Gasteiger partial charge on any atom is -0.396 e. The summed E-state index contributed by atoms with van der Waals surface area (Å²) in [6.07, 6.45) is 4.93. The van der Waals surface area contributed by atoms with Gasteiger partial charge in [0.05, 0.1) is 23.6 Å². The fourth-order valence-corrected chi connectivity index (χ4v) is 2.11. The molecule has 0 saturated heterocycles. The number of pyridine rings is 1. The maximum Gasteiger partial charge on any atom is 0.170 e. The van der Waals surface area contributed by atoms with E-state index in [2.05, 4.69) is 20.0 Å². The normalized spacial score (nSPS) is 13.5. The van der Waals surface area contributed by atoms with Crippen LogP contribution in [-0.4, -0.2) is 29.8 Å². The molecule has 0 aliphatic heterocycles. The number of benzene rings is 1. The second-order valence-electron chi connectivity index (χ2n) is 5.04. The van der Waals surface area contributed by atoms with Gasteiger partial charge < -0.3 is 5.73 Å². The van der Waals surface area contributed by atoms with Crippen LogP contribution in [0.4, 0.5) is 4.39 Å². The summed E-state index contributed by atoms with van der Waals surface area (Å²) in [6.45, 7) is 1.96. The molecule has 1 heterocycles. The van der Waals surface area contributed by atoms with E-state index in [9.17, 15) is 4.39 Å². The molecule has 0 spiro atoms. The number of aliphatic imine (C=N–C) groups is 3. The quantitative estimate of drug-likeness (QED) is 0.672. The number of amidine groups is 1. The molecule has 0 aliphatic rings. The number of nitrogens with zero attached hydrogens (tertiary/aromatic N) is 4. The van der Waals surface area contributed by atoms with Crippen molar-refractivity contribution in [2.24, 2.45) is 20.7 Å². The van der Waals surface area contributed by atoms with Crippen LogP contribution in [0.1, 0.15) is 18.2 Å². The summed E-state index contributed by atoms with van der Waals surface area (Å²) in [5.41, 5.74) is 8.12. The number of hydrogen-bond acceptors (Lipinski definition) is 4. The first-order chi connectivity index (χ1) is 12.2. The van der Waals surface area contributed by atoms with Crippen LogP contribution in [0.2, 0.25) is 0 Å². The van der Waals surface area contributed by atoms with Crippen LogP contribution in [0.3, 0.4) is 0 Å². The van der Waals surface area contributed by atoms with Gasteiger partial charge in [-0.15, -0.1) is 0 Å². The predicted octanol–water partition coefficient (Wildman–Crippen LogP) is 3.17. The lowest BCUT2D eigenvalue weighted by molar-refractivity contribution is 0.611. The van der Waals surface area contributed by atoms with Crippen LogP contribution in [0, 0.1) is 5.82 Å². The molecule has 1 aromatic heterocycles. The smallest absolute Gasteiger partial charge is 0.170 e. The van der Waals surface area contributed by atoms with Crippen LogP contribution in [0.25, 0.3) is 0 Å². The van der Waals surface area contributed by atoms with Gasteiger partial charge in [-0.3, -0.25) is 15.0 Å². The third-order valence-electron chi connectivity index (χ3n) is 3.32. The molecule has 0 saturated carbocycles. The maximum atomic E-state index is 13.8. The molecular formula is C19H20FN5. The third-order valence-corrected chi connectivity index (χ3v) is 3.32. The highest BCUT2D eigenvalue weighted by Crippen LogP contribution is 2.10. The minimum absolute atomic E-state index is 0.179. The van der Waals surface area contributed by atoms with Crippen LogP contribution in [-0.2, 0) is 6.54 Å². The molecule has 0 amide bonds. The summed E-state index contributed by atoms with van der Waals surface area (Å²) < 4.78 is 13.8. The topological polar surface area (TPSA) is 76.0 Å². The molecule has 0 radical (unpaired) electrons. The highest BCUT2D eigenvalue weighted by Gasteiger charge is 2.07. The molecular weight excluding hydrogens is 317 g/mol. The fourth-order valence-electron chi connectivity index (χ4n) is 2.11. The molecule has 0 bridgehead atoms. The number of nitrogens with two attached hydrogens (primary N) is 1.